The average Bonchev–Trinajstić information content (AvgIpc) is 2.09. The van der Waals surface area contributed by atoms with Crippen molar-refractivity contribution in [1.29, 1.82) is 0 Å². The molecule has 0 bridgehead atoms. The second-order valence-corrected chi connectivity index (χ2v) is 4.73. The summed E-state index contributed by atoms with van der Waals surface area (Å²) in [4.78, 5) is 11.7. The quantitative estimate of drug-likeness (QED) is 0.611. The SMILES string of the molecule is CC(C)(C)OC(=O)c1c(N)ccc(Cl)c1F. The molecule has 0 aromatic heterocycles. The number of halogens is 2. The van der Waals surface area contributed by atoms with Crippen LogP contribution in [-0.4, -0.2) is 11.6 Å². The topological polar surface area (TPSA) is 52.3 Å². The minimum absolute atomic E-state index is 0.0103. The molecule has 0 atom stereocenters. The third-order valence-corrected chi connectivity index (χ3v) is 2.02. The Balaban J connectivity index is 3.14. The van der Waals surface area contributed by atoms with Crippen LogP contribution < -0.4 is 5.73 Å². The van der Waals surface area contributed by atoms with Crippen molar-refractivity contribution in [3.63, 3.8) is 0 Å². The number of nitrogen functional groups attached to an aromatic ring is 1. The van der Waals surface area contributed by atoms with Crippen molar-refractivity contribution in [2.24, 2.45) is 0 Å². The maximum absolute atomic E-state index is 13.6. The normalized spacial score (nSPS) is 11.3. The largest absolute Gasteiger partial charge is 0.456 e. The van der Waals surface area contributed by atoms with E-state index in [1.807, 2.05) is 0 Å². The number of esters is 1. The zero-order chi connectivity index (χ0) is 12.5. The van der Waals surface area contributed by atoms with E-state index < -0.39 is 17.4 Å². The molecule has 0 heterocycles. The minimum atomic E-state index is -0.851. The van der Waals surface area contributed by atoms with Crippen LogP contribution in [0.2, 0.25) is 5.02 Å². The van der Waals surface area contributed by atoms with Gasteiger partial charge in [-0.15, -0.1) is 0 Å². The molecule has 0 aliphatic carbocycles. The standard InChI is InChI=1S/C11H13ClFNO2/c1-11(2,3)16-10(15)8-7(14)5-4-6(12)9(8)13/h4-5H,14H2,1-3H3. The minimum Gasteiger partial charge on any atom is -0.456 e. The summed E-state index contributed by atoms with van der Waals surface area (Å²) >= 11 is 5.56. The number of carbonyl (C=O) groups excluding carboxylic acids is 1. The summed E-state index contributed by atoms with van der Waals surface area (Å²) in [7, 11) is 0. The molecule has 0 aliphatic heterocycles. The van der Waals surface area contributed by atoms with Gasteiger partial charge in [0.2, 0.25) is 0 Å². The molecule has 3 nitrogen and oxygen atoms in total. The van der Waals surface area contributed by atoms with Crippen molar-refractivity contribution >= 4 is 23.3 Å². The fourth-order valence-electron chi connectivity index (χ4n) is 1.10. The van der Waals surface area contributed by atoms with Crippen molar-refractivity contribution in [3.05, 3.63) is 28.5 Å². The second kappa shape index (κ2) is 4.29. The summed E-state index contributed by atoms with van der Waals surface area (Å²) in [6.07, 6.45) is 0. The van der Waals surface area contributed by atoms with Gasteiger partial charge in [0.15, 0.2) is 5.82 Å². The molecule has 0 amide bonds. The third-order valence-electron chi connectivity index (χ3n) is 1.73. The van der Waals surface area contributed by atoms with E-state index in [0.29, 0.717) is 0 Å². The fourth-order valence-corrected chi connectivity index (χ4v) is 1.26. The summed E-state index contributed by atoms with van der Waals surface area (Å²) < 4.78 is 18.6. The molecule has 16 heavy (non-hydrogen) atoms. The Labute approximate surface area is 98.3 Å². The van der Waals surface area contributed by atoms with Gasteiger partial charge in [0.1, 0.15) is 11.2 Å². The Morgan fingerprint density at radius 2 is 2.00 bits per heavy atom. The summed E-state index contributed by atoms with van der Waals surface area (Å²) in [5.74, 6) is -1.67. The second-order valence-electron chi connectivity index (χ2n) is 4.33. The fraction of sp³-hybridized carbons (Fsp3) is 0.364. The molecule has 5 heteroatoms. The van der Waals surface area contributed by atoms with E-state index in [2.05, 4.69) is 0 Å². The molecular weight excluding hydrogens is 233 g/mol. The van der Waals surface area contributed by atoms with E-state index in [1.54, 1.807) is 20.8 Å². The van der Waals surface area contributed by atoms with E-state index in [0.717, 1.165) is 0 Å². The van der Waals surface area contributed by atoms with E-state index in [1.165, 1.54) is 12.1 Å². The van der Waals surface area contributed by atoms with E-state index >= 15 is 0 Å². The zero-order valence-electron chi connectivity index (χ0n) is 9.30. The maximum atomic E-state index is 13.6. The number of carbonyl (C=O) groups is 1. The van der Waals surface area contributed by atoms with Gasteiger partial charge >= 0.3 is 5.97 Å². The molecule has 0 radical (unpaired) electrons. The van der Waals surface area contributed by atoms with Crippen molar-refractivity contribution in [2.75, 3.05) is 5.73 Å². The smallest absolute Gasteiger partial charge is 0.343 e. The highest BCUT2D eigenvalue weighted by Crippen LogP contribution is 2.25. The molecule has 0 saturated heterocycles. The Morgan fingerprint density at radius 3 is 2.50 bits per heavy atom. The highest BCUT2D eigenvalue weighted by Gasteiger charge is 2.24. The first kappa shape index (κ1) is 12.8. The molecule has 1 rings (SSSR count). The van der Waals surface area contributed by atoms with Gasteiger partial charge in [-0.25, -0.2) is 9.18 Å². The molecule has 0 aliphatic rings. The van der Waals surface area contributed by atoms with Crippen LogP contribution in [0, 0.1) is 5.82 Å². The van der Waals surface area contributed by atoms with Gasteiger partial charge in [-0.1, -0.05) is 11.6 Å². The van der Waals surface area contributed by atoms with Crippen molar-refractivity contribution in [3.8, 4) is 0 Å². The molecule has 1 aromatic rings. The van der Waals surface area contributed by atoms with Gasteiger partial charge in [0, 0.05) is 5.69 Å². The number of hydrogen-bond donors (Lipinski definition) is 1. The van der Waals surface area contributed by atoms with E-state index in [-0.39, 0.29) is 16.3 Å². The van der Waals surface area contributed by atoms with Crippen molar-refractivity contribution in [1.82, 2.24) is 0 Å². The number of nitrogens with two attached hydrogens (primary N) is 1. The maximum Gasteiger partial charge on any atom is 0.343 e. The van der Waals surface area contributed by atoms with Gasteiger partial charge in [0.05, 0.1) is 5.02 Å². The van der Waals surface area contributed by atoms with Gasteiger partial charge in [-0.05, 0) is 32.9 Å². The molecule has 1 aromatic carbocycles. The van der Waals surface area contributed by atoms with Gasteiger partial charge in [-0.2, -0.15) is 0 Å². The first-order valence-electron chi connectivity index (χ1n) is 4.69. The Hall–Kier alpha value is -1.29. The lowest BCUT2D eigenvalue weighted by atomic mass is 10.1. The van der Waals surface area contributed by atoms with Crippen LogP contribution in [0.1, 0.15) is 31.1 Å². The van der Waals surface area contributed by atoms with E-state index in [4.69, 9.17) is 22.1 Å². The summed E-state index contributed by atoms with van der Waals surface area (Å²) in [5, 5.41) is -0.157. The number of ether oxygens (including phenoxy) is 1. The lowest BCUT2D eigenvalue weighted by Crippen LogP contribution is -2.25. The first-order chi connectivity index (χ1) is 7.22. The number of benzene rings is 1. The molecule has 0 fully saturated rings. The molecule has 0 saturated carbocycles. The van der Waals surface area contributed by atoms with Crippen LogP contribution >= 0.6 is 11.6 Å². The van der Waals surface area contributed by atoms with E-state index in [9.17, 15) is 9.18 Å². The predicted molar refractivity (Wildman–Crippen MR) is 61.0 cm³/mol. The van der Waals surface area contributed by atoms with Gasteiger partial charge in [0.25, 0.3) is 0 Å². The molecule has 0 unspecified atom stereocenters. The van der Waals surface area contributed by atoms with Crippen LogP contribution in [0.5, 0.6) is 0 Å². The summed E-state index contributed by atoms with van der Waals surface area (Å²) in [6, 6.07) is 2.66. The van der Waals surface area contributed by atoms with Gasteiger partial charge in [-0.3, -0.25) is 0 Å². The number of hydrogen-bond acceptors (Lipinski definition) is 3. The molecular formula is C11H13ClFNO2. The number of rotatable bonds is 1. The zero-order valence-corrected chi connectivity index (χ0v) is 10.1. The predicted octanol–water partition coefficient (Wildman–Crippen LogP) is 3.02. The Kier molecular flexibility index (Phi) is 3.43. The van der Waals surface area contributed by atoms with Crippen LogP contribution in [-0.2, 0) is 4.74 Å². The highest BCUT2D eigenvalue weighted by molar-refractivity contribution is 6.31. The summed E-state index contributed by atoms with van der Waals surface area (Å²) in [6.45, 7) is 5.05. The lowest BCUT2D eigenvalue weighted by molar-refractivity contribution is 0.00661. The third kappa shape index (κ3) is 2.85. The van der Waals surface area contributed by atoms with Crippen LogP contribution in [0.15, 0.2) is 12.1 Å². The monoisotopic (exact) mass is 245 g/mol. The first-order valence-corrected chi connectivity index (χ1v) is 5.07. The lowest BCUT2D eigenvalue weighted by Gasteiger charge is -2.20. The molecule has 88 valence electrons. The molecule has 0 spiro atoms. The Morgan fingerprint density at radius 1 is 1.44 bits per heavy atom. The van der Waals surface area contributed by atoms with Crippen LogP contribution in [0.3, 0.4) is 0 Å². The van der Waals surface area contributed by atoms with Crippen LogP contribution in [0.25, 0.3) is 0 Å². The number of anilines is 1. The molecule has 2 N–H and O–H groups in total. The van der Waals surface area contributed by atoms with Crippen molar-refractivity contribution < 1.29 is 13.9 Å². The Bertz CT molecular complexity index is 427. The highest BCUT2D eigenvalue weighted by atomic mass is 35.5. The van der Waals surface area contributed by atoms with Crippen molar-refractivity contribution in [2.45, 2.75) is 26.4 Å². The van der Waals surface area contributed by atoms with Gasteiger partial charge < -0.3 is 10.5 Å². The van der Waals surface area contributed by atoms with Crippen LogP contribution in [0.4, 0.5) is 10.1 Å². The summed E-state index contributed by atoms with van der Waals surface area (Å²) in [5.41, 5.74) is 4.49. The average molecular weight is 246 g/mol.